The Morgan fingerprint density at radius 1 is 1.48 bits per heavy atom. The van der Waals surface area contributed by atoms with E-state index in [1.54, 1.807) is 19.1 Å². The molecule has 1 unspecified atom stereocenters. The van der Waals surface area contributed by atoms with Crippen molar-refractivity contribution in [3.63, 3.8) is 0 Å². The highest BCUT2D eigenvalue weighted by Gasteiger charge is 2.26. The van der Waals surface area contributed by atoms with Gasteiger partial charge in [0.25, 0.3) is 0 Å². The van der Waals surface area contributed by atoms with Gasteiger partial charge in [0.2, 0.25) is 5.91 Å². The molecule has 0 spiro atoms. The van der Waals surface area contributed by atoms with Crippen LogP contribution in [0.2, 0.25) is 5.02 Å². The second-order valence-corrected chi connectivity index (χ2v) is 5.65. The van der Waals surface area contributed by atoms with Crippen molar-refractivity contribution in [2.45, 2.75) is 26.7 Å². The van der Waals surface area contributed by atoms with Crippen molar-refractivity contribution >= 4 is 29.0 Å². The molecule has 0 radical (unpaired) electrons. The molecule has 2 rings (SSSR count). The van der Waals surface area contributed by atoms with Crippen LogP contribution in [0.1, 0.15) is 32.3 Å². The van der Waals surface area contributed by atoms with Gasteiger partial charge in [-0.1, -0.05) is 25.4 Å². The lowest BCUT2D eigenvalue weighted by Crippen LogP contribution is -2.32. The summed E-state index contributed by atoms with van der Waals surface area (Å²) in [5.41, 5.74) is 3.86. The van der Waals surface area contributed by atoms with Crippen molar-refractivity contribution in [2.75, 3.05) is 13.7 Å². The molecule has 1 N–H and O–H groups in total. The van der Waals surface area contributed by atoms with Gasteiger partial charge >= 0.3 is 0 Å². The largest absolute Gasteiger partial charge is 0.494 e. The Kier molecular flexibility index (Phi) is 5.60. The minimum absolute atomic E-state index is 0.0166. The lowest BCUT2D eigenvalue weighted by atomic mass is 9.93. The molecule has 1 aromatic rings. The van der Waals surface area contributed by atoms with Gasteiger partial charge in [-0.15, -0.1) is 0 Å². The summed E-state index contributed by atoms with van der Waals surface area (Å²) in [7, 11) is 1.50. The Morgan fingerprint density at radius 3 is 2.83 bits per heavy atom. The second-order valence-electron chi connectivity index (χ2n) is 5.28. The normalized spacial score (nSPS) is 17.3. The number of Topliss-reactive ketones (excluding diaryl/α,β-unsaturated/α-hetero) is 1. The van der Waals surface area contributed by atoms with Crippen LogP contribution in [0.4, 0.5) is 0 Å². The number of hydrogen-bond donors (Lipinski definition) is 1. The summed E-state index contributed by atoms with van der Waals surface area (Å²) in [5, 5.41) is 4.39. The summed E-state index contributed by atoms with van der Waals surface area (Å²) in [4.78, 5) is 22.8. The van der Waals surface area contributed by atoms with E-state index in [1.165, 1.54) is 7.11 Å². The number of ether oxygens (including phenoxy) is 2. The molecular formula is C16H19ClN2O4. The van der Waals surface area contributed by atoms with Crippen molar-refractivity contribution in [2.24, 2.45) is 11.0 Å². The van der Waals surface area contributed by atoms with Crippen LogP contribution in [0.5, 0.6) is 11.5 Å². The van der Waals surface area contributed by atoms with E-state index in [0.717, 1.165) is 0 Å². The van der Waals surface area contributed by atoms with E-state index in [4.69, 9.17) is 21.1 Å². The third-order valence-corrected chi connectivity index (χ3v) is 3.94. The van der Waals surface area contributed by atoms with Gasteiger partial charge in [0.05, 0.1) is 12.8 Å². The van der Waals surface area contributed by atoms with E-state index in [9.17, 15) is 9.59 Å². The van der Waals surface area contributed by atoms with Gasteiger partial charge < -0.3 is 9.47 Å². The van der Waals surface area contributed by atoms with Crippen LogP contribution < -0.4 is 14.9 Å². The Balaban J connectivity index is 2.34. The summed E-state index contributed by atoms with van der Waals surface area (Å²) in [6.07, 6.45) is 0.754. The number of carbonyl (C=O) groups is 2. The summed E-state index contributed by atoms with van der Waals surface area (Å²) in [6.45, 7) is 3.65. The number of methoxy groups -OCH3 is 1. The molecular weight excluding hydrogens is 320 g/mol. The van der Waals surface area contributed by atoms with Crippen molar-refractivity contribution in [1.29, 1.82) is 0 Å². The van der Waals surface area contributed by atoms with Crippen molar-refractivity contribution in [1.82, 2.24) is 5.43 Å². The molecule has 23 heavy (non-hydrogen) atoms. The van der Waals surface area contributed by atoms with Crippen LogP contribution in [0.25, 0.3) is 0 Å². The fourth-order valence-electron chi connectivity index (χ4n) is 2.29. The quantitative estimate of drug-likeness (QED) is 0.864. The number of nitrogens with one attached hydrogen (secondary N) is 1. The maximum absolute atomic E-state index is 11.4. The zero-order valence-electron chi connectivity index (χ0n) is 13.3. The van der Waals surface area contributed by atoms with Gasteiger partial charge in [-0.3, -0.25) is 9.59 Å². The molecule has 6 nitrogen and oxygen atoms in total. The van der Waals surface area contributed by atoms with Crippen LogP contribution in [0, 0.1) is 5.92 Å². The molecule has 1 aliphatic heterocycles. The lowest BCUT2D eigenvalue weighted by molar-refractivity contribution is -0.122. The standard InChI is InChI=1S/C16H19ClN2O4/c1-4-10(20)8-23-12-6-5-11(16(22-3)14(12)17)15-9(2)7-13(21)18-19-15/h5-6,9H,4,7-8H2,1-3H3,(H,18,21). The van der Waals surface area contributed by atoms with Crippen molar-refractivity contribution in [3.05, 3.63) is 22.7 Å². The highest BCUT2D eigenvalue weighted by atomic mass is 35.5. The van der Waals surface area contributed by atoms with Crippen LogP contribution in [0.3, 0.4) is 0 Å². The zero-order chi connectivity index (χ0) is 17.0. The molecule has 1 aliphatic rings. The molecule has 0 aromatic heterocycles. The smallest absolute Gasteiger partial charge is 0.240 e. The van der Waals surface area contributed by atoms with E-state index in [0.29, 0.717) is 35.6 Å². The second kappa shape index (κ2) is 7.46. The van der Waals surface area contributed by atoms with Gasteiger partial charge in [0.15, 0.2) is 5.78 Å². The Morgan fingerprint density at radius 2 is 2.22 bits per heavy atom. The average molecular weight is 339 g/mol. The molecule has 1 atom stereocenters. The molecule has 0 bridgehead atoms. The highest BCUT2D eigenvalue weighted by Crippen LogP contribution is 2.38. The number of halogens is 1. The minimum atomic E-state index is -0.121. The molecule has 0 saturated heterocycles. The maximum Gasteiger partial charge on any atom is 0.240 e. The third kappa shape index (κ3) is 3.82. The zero-order valence-corrected chi connectivity index (χ0v) is 14.1. The van der Waals surface area contributed by atoms with Gasteiger partial charge in [-0.25, -0.2) is 5.43 Å². The van der Waals surface area contributed by atoms with Crippen LogP contribution >= 0.6 is 11.6 Å². The first-order valence-corrected chi connectivity index (χ1v) is 7.73. The predicted octanol–water partition coefficient (Wildman–Crippen LogP) is 2.57. The SMILES string of the molecule is CCC(=O)COc1ccc(C2=NNC(=O)CC2C)c(OC)c1Cl. The number of rotatable bonds is 6. The van der Waals surface area contributed by atoms with Crippen LogP contribution in [-0.4, -0.2) is 31.1 Å². The topological polar surface area (TPSA) is 77.0 Å². The fourth-order valence-corrected chi connectivity index (χ4v) is 2.59. The van der Waals surface area contributed by atoms with E-state index in [2.05, 4.69) is 10.5 Å². The van der Waals surface area contributed by atoms with E-state index >= 15 is 0 Å². The summed E-state index contributed by atoms with van der Waals surface area (Å²) in [5.74, 6) is 0.598. The molecule has 124 valence electrons. The summed E-state index contributed by atoms with van der Waals surface area (Å²) >= 11 is 6.33. The molecule has 1 heterocycles. The minimum Gasteiger partial charge on any atom is -0.494 e. The molecule has 7 heteroatoms. The fraction of sp³-hybridized carbons (Fsp3) is 0.438. The van der Waals surface area contributed by atoms with Crippen molar-refractivity contribution in [3.8, 4) is 11.5 Å². The predicted molar refractivity (Wildman–Crippen MR) is 87.3 cm³/mol. The highest BCUT2D eigenvalue weighted by molar-refractivity contribution is 6.34. The number of ketones is 1. The van der Waals surface area contributed by atoms with E-state index in [-0.39, 0.29) is 29.2 Å². The molecule has 1 aromatic carbocycles. The van der Waals surface area contributed by atoms with Gasteiger partial charge in [0, 0.05) is 24.3 Å². The maximum atomic E-state index is 11.4. The first kappa shape index (κ1) is 17.3. The number of nitrogens with zero attached hydrogens (tertiary/aromatic N) is 1. The van der Waals surface area contributed by atoms with Gasteiger partial charge in [-0.2, -0.15) is 5.10 Å². The molecule has 0 saturated carbocycles. The van der Waals surface area contributed by atoms with Crippen molar-refractivity contribution < 1.29 is 19.1 Å². The summed E-state index contributed by atoms with van der Waals surface area (Å²) < 4.78 is 10.8. The van der Waals surface area contributed by atoms with Gasteiger partial charge in [0.1, 0.15) is 23.1 Å². The monoisotopic (exact) mass is 338 g/mol. The number of amides is 1. The Labute approximate surface area is 139 Å². The molecule has 0 aliphatic carbocycles. The van der Waals surface area contributed by atoms with E-state index < -0.39 is 0 Å². The first-order valence-electron chi connectivity index (χ1n) is 7.35. The number of benzene rings is 1. The number of hydrazone groups is 1. The Bertz CT molecular complexity index is 658. The lowest BCUT2D eigenvalue weighted by Gasteiger charge is -2.22. The third-order valence-electron chi connectivity index (χ3n) is 3.58. The number of hydrogen-bond acceptors (Lipinski definition) is 5. The molecule has 0 fully saturated rings. The van der Waals surface area contributed by atoms with Gasteiger partial charge in [-0.05, 0) is 12.1 Å². The first-order chi connectivity index (χ1) is 11.0. The van der Waals surface area contributed by atoms with Crippen LogP contribution in [-0.2, 0) is 9.59 Å². The number of carbonyl (C=O) groups excluding carboxylic acids is 2. The Hall–Kier alpha value is -2.08. The molecule has 1 amide bonds. The van der Waals surface area contributed by atoms with E-state index in [1.807, 2.05) is 6.92 Å². The summed E-state index contributed by atoms with van der Waals surface area (Å²) in [6, 6.07) is 3.44. The van der Waals surface area contributed by atoms with Crippen LogP contribution in [0.15, 0.2) is 17.2 Å². The average Bonchev–Trinajstić information content (AvgIpc) is 2.53.